The fourth-order valence-corrected chi connectivity index (χ4v) is 12.0. The Balaban J connectivity index is 1.38. The van der Waals surface area contributed by atoms with Crippen LogP contribution in [0.25, 0.3) is 0 Å². The first-order valence-electron chi connectivity index (χ1n) is 32.9. The van der Waals surface area contributed by atoms with Gasteiger partial charge in [0.2, 0.25) is 41.4 Å². The molecule has 12 amide bonds. The highest BCUT2D eigenvalue weighted by Crippen LogP contribution is 2.30. The van der Waals surface area contributed by atoms with Crippen molar-refractivity contribution in [3.8, 4) is 0 Å². The predicted molar refractivity (Wildman–Crippen MR) is 354 cm³/mol. The number of anilines is 1. The van der Waals surface area contributed by atoms with Gasteiger partial charge in [-0.3, -0.25) is 53.0 Å². The first kappa shape index (κ1) is 79.0. The SMILES string of the molecule is CC[C@H](C)[C@@H]([C@@H](CC(=O)N1CCC[C@H]1[C@H](OC)[C@@H](C)C(=O)N[C@@H](Cc1ccccc1)C(=O)O)OC)N(C)C(=O)[C@@H](NC(=O)C(C(C)C)N(C)C(=O)OCc1ccc(NC(=O)[C@H](CCCNC(N)=O)NC(=O)[C@@H](NC(=O)CCCCCN2C(=O)C=CC2=O)C(C)C)cc1)C(C)C. The molecule has 1 saturated heterocycles. The molecular formula is C68H103N11O16. The first-order valence-corrected chi connectivity index (χ1v) is 32.9. The van der Waals surface area contributed by atoms with Crippen molar-refractivity contribution in [2.75, 3.05) is 53.3 Å². The Bertz CT molecular complexity index is 2950. The number of nitrogens with two attached hydrogens (primary N) is 1. The summed E-state index contributed by atoms with van der Waals surface area (Å²) >= 11 is 0. The zero-order valence-corrected chi connectivity index (χ0v) is 57.5. The summed E-state index contributed by atoms with van der Waals surface area (Å²) in [5.41, 5.74) is 6.83. The highest BCUT2D eigenvalue weighted by molar-refractivity contribution is 6.12. The molecule has 2 aliphatic heterocycles. The van der Waals surface area contributed by atoms with Crippen molar-refractivity contribution >= 4 is 76.9 Å². The van der Waals surface area contributed by atoms with Crippen LogP contribution in [-0.2, 0) is 75.2 Å². The lowest BCUT2D eigenvalue weighted by Crippen LogP contribution is -2.60. The zero-order valence-electron chi connectivity index (χ0n) is 57.5. The van der Waals surface area contributed by atoms with E-state index in [0.29, 0.717) is 56.3 Å². The maximum atomic E-state index is 14.8. The van der Waals surface area contributed by atoms with Crippen molar-refractivity contribution in [2.45, 2.75) is 194 Å². The summed E-state index contributed by atoms with van der Waals surface area (Å²) in [6, 6.07) is 7.86. The zero-order chi connectivity index (χ0) is 70.8. The molecule has 2 aromatic rings. The largest absolute Gasteiger partial charge is 0.480 e. The highest BCUT2D eigenvalue weighted by Gasteiger charge is 2.44. The average molecular weight is 1330 g/mol. The number of carbonyl (C=O) groups excluding carboxylic acids is 11. The minimum Gasteiger partial charge on any atom is -0.480 e. The first-order chi connectivity index (χ1) is 44.9. The molecule has 0 spiro atoms. The molecule has 2 heterocycles. The van der Waals surface area contributed by atoms with Gasteiger partial charge in [-0.05, 0) is 85.5 Å². The van der Waals surface area contributed by atoms with E-state index in [1.54, 1.807) is 109 Å². The summed E-state index contributed by atoms with van der Waals surface area (Å²) in [5, 5.41) is 26.4. The number of likely N-dealkylation sites (N-methyl/N-ethyl adjacent to an activating group) is 2. The van der Waals surface area contributed by atoms with Crippen molar-refractivity contribution in [3.05, 3.63) is 77.9 Å². The predicted octanol–water partition coefficient (Wildman–Crippen LogP) is 4.65. The van der Waals surface area contributed by atoms with Crippen LogP contribution in [0.5, 0.6) is 0 Å². The fraction of sp³-hybridized carbons (Fsp3) is 0.618. The number of methoxy groups -OCH3 is 2. The Morgan fingerprint density at radius 2 is 1.33 bits per heavy atom. The van der Waals surface area contributed by atoms with Crippen LogP contribution in [0.2, 0.25) is 0 Å². The lowest BCUT2D eigenvalue weighted by Gasteiger charge is -2.41. The van der Waals surface area contributed by atoms with Crippen LogP contribution in [0.1, 0.15) is 138 Å². The number of carbonyl (C=O) groups is 12. The van der Waals surface area contributed by atoms with Gasteiger partial charge in [0.25, 0.3) is 11.8 Å². The number of nitrogens with one attached hydrogen (secondary N) is 6. The number of benzene rings is 2. The summed E-state index contributed by atoms with van der Waals surface area (Å²) in [6.07, 6.45) is 3.58. The van der Waals surface area contributed by atoms with Gasteiger partial charge in [-0.25, -0.2) is 14.4 Å². The lowest BCUT2D eigenvalue weighted by atomic mass is 9.89. The number of imide groups is 1. The number of primary amides is 1. The molecule has 27 heteroatoms. The third kappa shape index (κ3) is 23.8. The van der Waals surface area contributed by atoms with Gasteiger partial charge in [0.15, 0.2) is 0 Å². The molecule has 0 radical (unpaired) electrons. The molecule has 2 aliphatic rings. The summed E-state index contributed by atoms with van der Waals surface area (Å²) in [6.45, 7) is 16.6. The summed E-state index contributed by atoms with van der Waals surface area (Å²) in [7, 11) is 5.96. The molecular weight excluding hydrogens is 1230 g/mol. The maximum Gasteiger partial charge on any atom is 0.410 e. The number of rotatable bonds is 39. The standard InChI is InChI=1S/C68H103N11O16/c1-14-43(8)59(51(93-12)38-55(83)78-36-22-26-50(78)60(94-13)44(9)61(84)73-49(66(89)90)37-45-23-17-15-18-24-45)76(10)65(88)57(41(4)5)75-64(87)58(42(6)7)77(11)68(92)95-39-46-28-30-47(31-29-46)71-62(85)48(25-21-34-70-67(69)91)72-63(86)56(40(2)3)74-52(80)27-19-16-20-35-79-53(81)32-33-54(79)82/h15,17-18,23-24,28-33,40-44,48-51,56-60H,14,16,19-22,25-27,34-39H2,1-13H3,(H,71,85)(H,72,86)(H,73,84)(H,74,80)(H,75,87)(H,89,90)(H3,69,70,91)/t43-,44+,48-,49-,50-,51+,56-,57-,58?,59-,60+/m0/s1. The number of urea groups is 1. The van der Waals surface area contributed by atoms with E-state index in [9.17, 15) is 62.6 Å². The molecule has 0 aliphatic carbocycles. The summed E-state index contributed by atoms with van der Waals surface area (Å²) < 4.78 is 17.7. The maximum absolute atomic E-state index is 14.8. The van der Waals surface area contributed by atoms with E-state index < -0.39 is 126 Å². The minimum absolute atomic E-state index is 0.0752. The number of hydrogen-bond acceptors (Lipinski definition) is 15. The van der Waals surface area contributed by atoms with E-state index in [1.807, 2.05) is 19.9 Å². The topological polar surface area (TPSA) is 364 Å². The monoisotopic (exact) mass is 1330 g/mol. The number of carboxylic acids is 1. The van der Waals surface area contributed by atoms with Crippen LogP contribution in [0.15, 0.2) is 66.7 Å². The number of amides is 12. The Kier molecular flexibility index (Phi) is 32.2. The van der Waals surface area contributed by atoms with Gasteiger partial charge in [-0.1, -0.05) is 118 Å². The van der Waals surface area contributed by atoms with Crippen molar-refractivity contribution in [1.82, 2.24) is 46.2 Å². The van der Waals surface area contributed by atoms with E-state index in [4.69, 9.17) is 19.9 Å². The van der Waals surface area contributed by atoms with E-state index in [2.05, 4.69) is 31.9 Å². The van der Waals surface area contributed by atoms with Crippen LogP contribution in [-0.4, -0.2) is 198 Å². The molecule has 0 bridgehead atoms. The molecule has 0 saturated carbocycles. The number of hydrogen-bond donors (Lipinski definition) is 8. The molecule has 1 unspecified atom stereocenters. The molecule has 27 nitrogen and oxygen atoms in total. The van der Waals surface area contributed by atoms with Crippen LogP contribution in [0.3, 0.4) is 0 Å². The van der Waals surface area contributed by atoms with Crippen LogP contribution in [0.4, 0.5) is 15.3 Å². The number of nitrogens with zero attached hydrogens (tertiary/aromatic N) is 4. The van der Waals surface area contributed by atoms with E-state index in [0.717, 1.165) is 15.4 Å². The van der Waals surface area contributed by atoms with Crippen LogP contribution < -0.4 is 37.6 Å². The van der Waals surface area contributed by atoms with E-state index in [-0.39, 0.29) is 81.4 Å². The molecule has 11 atom stereocenters. The minimum atomic E-state index is -1.19. The van der Waals surface area contributed by atoms with Crippen molar-refractivity contribution in [2.24, 2.45) is 35.3 Å². The highest BCUT2D eigenvalue weighted by atomic mass is 16.6. The fourth-order valence-electron chi connectivity index (χ4n) is 12.0. The molecule has 526 valence electrons. The van der Waals surface area contributed by atoms with Gasteiger partial charge >= 0.3 is 18.1 Å². The van der Waals surface area contributed by atoms with Crippen LogP contribution >= 0.6 is 0 Å². The third-order valence-corrected chi connectivity index (χ3v) is 17.6. The number of aliphatic carboxylic acids is 1. The normalized spacial score (nSPS) is 16.9. The lowest BCUT2D eigenvalue weighted by molar-refractivity contribution is -0.148. The Morgan fingerprint density at radius 1 is 0.695 bits per heavy atom. The molecule has 1 fully saturated rings. The summed E-state index contributed by atoms with van der Waals surface area (Å²) in [4.78, 5) is 165. The van der Waals surface area contributed by atoms with Crippen LogP contribution in [0, 0.1) is 29.6 Å². The van der Waals surface area contributed by atoms with Gasteiger partial charge in [0, 0.05) is 78.6 Å². The van der Waals surface area contributed by atoms with Gasteiger partial charge in [-0.2, -0.15) is 0 Å². The smallest absolute Gasteiger partial charge is 0.410 e. The van der Waals surface area contributed by atoms with Gasteiger partial charge in [-0.15, -0.1) is 0 Å². The number of ether oxygens (including phenoxy) is 3. The van der Waals surface area contributed by atoms with Gasteiger partial charge < -0.3 is 66.8 Å². The Labute approximate surface area is 558 Å². The van der Waals surface area contributed by atoms with Gasteiger partial charge in [0.05, 0.1) is 36.6 Å². The number of likely N-dealkylation sites (tertiary alicyclic amines) is 1. The van der Waals surface area contributed by atoms with E-state index >= 15 is 0 Å². The second kappa shape index (κ2) is 38.8. The van der Waals surface area contributed by atoms with Crippen molar-refractivity contribution in [3.63, 3.8) is 0 Å². The molecule has 2 aromatic carbocycles. The molecule has 0 aromatic heterocycles. The second-order valence-corrected chi connectivity index (χ2v) is 25.7. The number of carboxylic acid groups (broad SMARTS) is 1. The molecule has 4 rings (SSSR count). The third-order valence-electron chi connectivity index (χ3n) is 17.6. The Morgan fingerprint density at radius 3 is 1.89 bits per heavy atom. The van der Waals surface area contributed by atoms with Gasteiger partial charge in [0.1, 0.15) is 36.8 Å². The van der Waals surface area contributed by atoms with Crippen molar-refractivity contribution in [1.29, 1.82) is 0 Å². The quantitative estimate of drug-likeness (QED) is 0.0333. The van der Waals surface area contributed by atoms with Crippen molar-refractivity contribution < 1.29 is 76.9 Å². The van der Waals surface area contributed by atoms with E-state index in [1.165, 1.54) is 38.3 Å². The average Bonchev–Trinajstić information content (AvgIpc) is 1.81. The summed E-state index contributed by atoms with van der Waals surface area (Å²) in [5.74, 6) is -7.74. The molecule has 95 heavy (non-hydrogen) atoms. The number of unbranched alkanes of at least 4 members (excludes halogenated alkanes) is 2. The second-order valence-electron chi connectivity index (χ2n) is 25.7. The Hall–Kier alpha value is -8.46. The molecule has 9 N–H and O–H groups in total.